The second kappa shape index (κ2) is 4.80. The molecule has 0 unspecified atom stereocenters. The van der Waals surface area contributed by atoms with E-state index in [1.165, 1.54) is 0 Å². The number of hydrogen-bond acceptors (Lipinski definition) is 4. The normalized spacial score (nSPS) is 10.9. The summed E-state index contributed by atoms with van der Waals surface area (Å²) in [6, 6.07) is 11.9. The molecule has 0 aliphatic rings. The highest BCUT2D eigenvalue weighted by Crippen LogP contribution is 2.26. The van der Waals surface area contributed by atoms with Crippen LogP contribution in [0, 0.1) is 0 Å². The smallest absolute Gasteiger partial charge is 0.171 e. The third-order valence-electron chi connectivity index (χ3n) is 2.59. The number of aromatic nitrogens is 3. The van der Waals surface area contributed by atoms with Gasteiger partial charge in [-0.3, -0.25) is 4.98 Å². The monoisotopic (exact) mass is 256 g/mol. The Balaban J connectivity index is 1.86. The zero-order chi connectivity index (χ0) is 12.4. The number of imidazole rings is 1. The van der Waals surface area contributed by atoms with E-state index in [1.54, 1.807) is 11.8 Å². The van der Waals surface area contributed by atoms with Gasteiger partial charge in [-0.15, -0.1) is 0 Å². The van der Waals surface area contributed by atoms with Gasteiger partial charge in [0.2, 0.25) is 0 Å². The van der Waals surface area contributed by atoms with Gasteiger partial charge in [0.1, 0.15) is 0 Å². The maximum atomic E-state index is 5.52. The van der Waals surface area contributed by atoms with Gasteiger partial charge in [0.25, 0.3) is 0 Å². The first-order valence-electron chi connectivity index (χ1n) is 5.63. The molecule has 2 heterocycles. The lowest BCUT2D eigenvalue weighted by Gasteiger charge is -1.98. The molecule has 4 nitrogen and oxygen atoms in total. The molecular formula is C13H12N4S. The van der Waals surface area contributed by atoms with E-state index < -0.39 is 0 Å². The second-order valence-electron chi connectivity index (χ2n) is 3.85. The summed E-state index contributed by atoms with van der Waals surface area (Å²) in [4.78, 5) is 13.1. The first-order chi connectivity index (χ1) is 8.85. The Morgan fingerprint density at radius 3 is 2.78 bits per heavy atom. The minimum absolute atomic E-state index is 0.468. The van der Waals surface area contributed by atoms with Crippen LogP contribution in [0.5, 0.6) is 0 Å². The van der Waals surface area contributed by atoms with Crippen molar-refractivity contribution in [1.29, 1.82) is 0 Å². The molecule has 0 fully saturated rings. The van der Waals surface area contributed by atoms with Crippen LogP contribution in [-0.4, -0.2) is 15.0 Å². The predicted molar refractivity (Wildman–Crippen MR) is 72.3 cm³/mol. The van der Waals surface area contributed by atoms with E-state index in [-0.39, 0.29) is 0 Å². The topological polar surface area (TPSA) is 67.6 Å². The highest BCUT2D eigenvalue weighted by molar-refractivity contribution is 7.99. The number of H-pyrrole nitrogens is 1. The molecule has 0 aliphatic carbocycles. The summed E-state index contributed by atoms with van der Waals surface area (Å²) in [6.45, 7) is 0.468. The largest absolute Gasteiger partial charge is 0.333 e. The zero-order valence-electron chi connectivity index (χ0n) is 9.63. The highest BCUT2D eigenvalue weighted by atomic mass is 32.2. The lowest BCUT2D eigenvalue weighted by Crippen LogP contribution is -1.98. The molecule has 18 heavy (non-hydrogen) atoms. The van der Waals surface area contributed by atoms with Crippen LogP contribution in [0.2, 0.25) is 0 Å². The maximum absolute atomic E-state index is 5.52. The number of nitrogens with one attached hydrogen (secondary N) is 1. The van der Waals surface area contributed by atoms with Crippen LogP contribution in [0.15, 0.2) is 52.6 Å². The van der Waals surface area contributed by atoms with E-state index in [9.17, 15) is 0 Å². The molecule has 0 aliphatic heterocycles. The Kier molecular flexibility index (Phi) is 3.00. The quantitative estimate of drug-likeness (QED) is 0.755. The summed E-state index contributed by atoms with van der Waals surface area (Å²) in [7, 11) is 0. The molecule has 0 atom stereocenters. The van der Waals surface area contributed by atoms with Crippen molar-refractivity contribution in [3.63, 3.8) is 0 Å². The van der Waals surface area contributed by atoms with Gasteiger partial charge in [-0.2, -0.15) is 0 Å². The average molecular weight is 256 g/mol. The summed E-state index contributed by atoms with van der Waals surface area (Å²) in [6.07, 6.45) is 1.82. The van der Waals surface area contributed by atoms with Crippen LogP contribution < -0.4 is 5.73 Å². The third-order valence-corrected chi connectivity index (χ3v) is 3.45. The number of fused-ring (bicyclic) bond motifs is 1. The molecule has 0 bridgehead atoms. The Hall–Kier alpha value is -1.85. The highest BCUT2D eigenvalue weighted by Gasteiger charge is 2.04. The lowest BCUT2D eigenvalue weighted by molar-refractivity contribution is 0.975. The van der Waals surface area contributed by atoms with Gasteiger partial charge < -0.3 is 10.7 Å². The van der Waals surface area contributed by atoms with E-state index >= 15 is 0 Å². The molecule has 0 spiro atoms. The SMILES string of the molecule is NCc1ccc(Sc2nc3ccccc3[nH]2)cn1. The van der Waals surface area contributed by atoms with Crippen molar-refractivity contribution in [3.8, 4) is 0 Å². The Bertz CT molecular complexity index is 627. The first-order valence-corrected chi connectivity index (χ1v) is 6.44. The molecule has 5 heteroatoms. The summed E-state index contributed by atoms with van der Waals surface area (Å²) >= 11 is 1.56. The molecule has 3 rings (SSSR count). The minimum atomic E-state index is 0.468. The number of benzene rings is 1. The fourth-order valence-electron chi connectivity index (χ4n) is 1.68. The van der Waals surface area contributed by atoms with Crippen molar-refractivity contribution < 1.29 is 0 Å². The first kappa shape index (κ1) is 11.3. The van der Waals surface area contributed by atoms with Crippen molar-refractivity contribution >= 4 is 22.8 Å². The number of para-hydroxylation sites is 2. The Labute approximate surface area is 109 Å². The molecule has 2 aromatic heterocycles. The fraction of sp³-hybridized carbons (Fsp3) is 0.0769. The Morgan fingerprint density at radius 1 is 1.17 bits per heavy atom. The molecule has 0 amide bonds. The van der Waals surface area contributed by atoms with Gasteiger partial charge in [0.15, 0.2) is 5.16 Å². The van der Waals surface area contributed by atoms with E-state index in [0.29, 0.717) is 6.54 Å². The van der Waals surface area contributed by atoms with Gasteiger partial charge in [-0.1, -0.05) is 23.9 Å². The van der Waals surface area contributed by atoms with Crippen LogP contribution in [0.3, 0.4) is 0 Å². The molecular weight excluding hydrogens is 244 g/mol. The van der Waals surface area contributed by atoms with E-state index in [4.69, 9.17) is 5.73 Å². The van der Waals surface area contributed by atoms with Gasteiger partial charge >= 0.3 is 0 Å². The molecule has 3 N–H and O–H groups in total. The van der Waals surface area contributed by atoms with Crippen molar-refractivity contribution in [2.45, 2.75) is 16.6 Å². The van der Waals surface area contributed by atoms with Crippen LogP contribution in [0.25, 0.3) is 11.0 Å². The summed E-state index contributed by atoms with van der Waals surface area (Å²) < 4.78 is 0. The molecule has 0 saturated heterocycles. The number of rotatable bonds is 3. The van der Waals surface area contributed by atoms with Crippen LogP contribution in [0.4, 0.5) is 0 Å². The predicted octanol–water partition coefficient (Wildman–Crippen LogP) is 2.57. The summed E-state index contributed by atoms with van der Waals surface area (Å²) in [5.41, 5.74) is 8.43. The standard InChI is InChI=1S/C13H12N4S/c14-7-9-5-6-10(8-15-9)18-13-16-11-3-1-2-4-12(11)17-13/h1-6,8H,7,14H2,(H,16,17). The zero-order valence-corrected chi connectivity index (χ0v) is 10.4. The Morgan fingerprint density at radius 2 is 2.06 bits per heavy atom. The van der Waals surface area contributed by atoms with Crippen molar-refractivity contribution in [2.75, 3.05) is 0 Å². The van der Waals surface area contributed by atoms with E-state index in [0.717, 1.165) is 26.8 Å². The van der Waals surface area contributed by atoms with E-state index in [1.807, 2.05) is 42.6 Å². The summed E-state index contributed by atoms with van der Waals surface area (Å²) in [5.74, 6) is 0. The number of nitrogens with two attached hydrogens (primary N) is 1. The fourth-order valence-corrected chi connectivity index (χ4v) is 2.45. The van der Waals surface area contributed by atoms with Crippen LogP contribution in [-0.2, 0) is 6.54 Å². The van der Waals surface area contributed by atoms with Crippen molar-refractivity contribution in [3.05, 3.63) is 48.3 Å². The molecule has 0 saturated carbocycles. The molecule has 0 radical (unpaired) electrons. The third kappa shape index (κ3) is 2.23. The van der Waals surface area contributed by atoms with Crippen molar-refractivity contribution in [2.24, 2.45) is 5.73 Å². The van der Waals surface area contributed by atoms with Gasteiger partial charge in [0, 0.05) is 17.6 Å². The van der Waals surface area contributed by atoms with Crippen molar-refractivity contribution in [1.82, 2.24) is 15.0 Å². The minimum Gasteiger partial charge on any atom is -0.333 e. The second-order valence-corrected chi connectivity index (χ2v) is 4.91. The summed E-state index contributed by atoms with van der Waals surface area (Å²) in [5, 5.41) is 0.874. The number of nitrogens with zero attached hydrogens (tertiary/aromatic N) is 2. The number of pyridine rings is 1. The molecule has 90 valence electrons. The van der Waals surface area contributed by atoms with Gasteiger partial charge in [-0.05, 0) is 24.3 Å². The molecule has 1 aromatic carbocycles. The van der Waals surface area contributed by atoms with E-state index in [2.05, 4.69) is 15.0 Å². The number of hydrogen-bond donors (Lipinski definition) is 2. The lowest BCUT2D eigenvalue weighted by atomic mass is 10.3. The number of aromatic amines is 1. The van der Waals surface area contributed by atoms with Crippen LogP contribution >= 0.6 is 11.8 Å². The maximum Gasteiger partial charge on any atom is 0.171 e. The average Bonchev–Trinajstić information content (AvgIpc) is 2.82. The molecule has 3 aromatic rings. The van der Waals surface area contributed by atoms with Gasteiger partial charge in [-0.25, -0.2) is 4.98 Å². The van der Waals surface area contributed by atoms with Gasteiger partial charge in [0.05, 0.1) is 16.7 Å². The van der Waals surface area contributed by atoms with Crippen LogP contribution in [0.1, 0.15) is 5.69 Å².